The second-order valence-electron chi connectivity index (χ2n) is 3.92. The van der Waals surface area contributed by atoms with E-state index in [-0.39, 0.29) is 11.9 Å². The normalized spacial score (nSPS) is 21.9. The average Bonchev–Trinajstić information content (AvgIpc) is 2.74. The van der Waals surface area contributed by atoms with Gasteiger partial charge in [-0.3, -0.25) is 4.79 Å². The first-order valence-corrected chi connectivity index (χ1v) is 5.28. The molecule has 2 rings (SSSR count). The number of carboxylic acids is 1. The molecular weight excluding hydrogens is 211 g/mol. The highest BCUT2D eigenvalue weighted by Gasteiger charge is 2.32. The van der Waals surface area contributed by atoms with Crippen molar-refractivity contribution < 1.29 is 19.0 Å². The first kappa shape index (κ1) is 11.1. The van der Waals surface area contributed by atoms with E-state index >= 15 is 0 Å². The van der Waals surface area contributed by atoms with Crippen molar-refractivity contribution in [3.05, 3.63) is 35.6 Å². The summed E-state index contributed by atoms with van der Waals surface area (Å²) in [5.41, 5.74) is 0.598. The van der Waals surface area contributed by atoms with Gasteiger partial charge in [0.15, 0.2) is 0 Å². The molecule has 0 aliphatic carbocycles. The fraction of sp³-hybridized carbons (Fsp3) is 0.417. The van der Waals surface area contributed by atoms with Gasteiger partial charge in [-0.1, -0.05) is 12.1 Å². The molecule has 0 saturated carbocycles. The van der Waals surface area contributed by atoms with Gasteiger partial charge in [-0.25, -0.2) is 4.39 Å². The maximum atomic E-state index is 12.7. The third-order valence-electron chi connectivity index (χ3n) is 2.83. The van der Waals surface area contributed by atoms with Crippen LogP contribution in [0.4, 0.5) is 4.39 Å². The Hall–Kier alpha value is -1.42. The summed E-state index contributed by atoms with van der Waals surface area (Å²) in [6.45, 7) is 0.607. The minimum Gasteiger partial charge on any atom is -0.481 e. The number of hydrogen-bond acceptors (Lipinski definition) is 2. The summed E-state index contributed by atoms with van der Waals surface area (Å²) < 4.78 is 18.1. The van der Waals surface area contributed by atoms with E-state index < -0.39 is 11.9 Å². The first-order valence-electron chi connectivity index (χ1n) is 5.28. The lowest BCUT2D eigenvalue weighted by molar-refractivity contribution is -0.141. The predicted molar refractivity (Wildman–Crippen MR) is 55.8 cm³/mol. The van der Waals surface area contributed by atoms with Gasteiger partial charge in [-0.05, 0) is 30.5 Å². The summed E-state index contributed by atoms with van der Waals surface area (Å²) >= 11 is 0. The van der Waals surface area contributed by atoms with E-state index in [1.54, 1.807) is 0 Å². The van der Waals surface area contributed by atoms with Crippen LogP contribution in [0.3, 0.4) is 0 Å². The van der Waals surface area contributed by atoms with Crippen molar-refractivity contribution in [2.75, 3.05) is 6.61 Å². The highest BCUT2D eigenvalue weighted by atomic mass is 19.1. The number of hydrogen-bond donors (Lipinski definition) is 1. The van der Waals surface area contributed by atoms with Crippen LogP contribution in [-0.4, -0.2) is 23.8 Å². The minimum atomic E-state index is -0.918. The summed E-state index contributed by atoms with van der Waals surface area (Å²) in [7, 11) is 0. The fourth-order valence-corrected chi connectivity index (χ4v) is 2.05. The molecule has 1 aromatic rings. The van der Waals surface area contributed by atoms with Gasteiger partial charge in [0.2, 0.25) is 0 Å². The lowest BCUT2D eigenvalue weighted by atomic mass is 9.92. The van der Waals surface area contributed by atoms with E-state index in [4.69, 9.17) is 4.74 Å². The van der Waals surface area contributed by atoms with Crippen molar-refractivity contribution in [3.8, 4) is 0 Å². The monoisotopic (exact) mass is 224 g/mol. The van der Waals surface area contributed by atoms with Crippen LogP contribution in [0.1, 0.15) is 24.3 Å². The number of carbonyl (C=O) groups is 1. The number of carboxylic acid groups (broad SMARTS) is 1. The Morgan fingerprint density at radius 1 is 1.44 bits per heavy atom. The van der Waals surface area contributed by atoms with Gasteiger partial charge in [-0.15, -0.1) is 0 Å². The van der Waals surface area contributed by atoms with Crippen molar-refractivity contribution in [1.29, 1.82) is 0 Å². The molecule has 1 N–H and O–H groups in total. The highest BCUT2D eigenvalue weighted by molar-refractivity contribution is 5.77. The van der Waals surface area contributed by atoms with Crippen LogP contribution >= 0.6 is 0 Å². The third kappa shape index (κ3) is 2.22. The van der Waals surface area contributed by atoms with Crippen LogP contribution in [0.25, 0.3) is 0 Å². The minimum absolute atomic E-state index is 0.289. The zero-order valence-electron chi connectivity index (χ0n) is 8.73. The topological polar surface area (TPSA) is 46.5 Å². The number of ether oxygens (including phenoxy) is 1. The molecule has 0 bridgehead atoms. The smallest absolute Gasteiger partial charge is 0.313 e. The Morgan fingerprint density at radius 2 is 2.12 bits per heavy atom. The van der Waals surface area contributed by atoms with Crippen molar-refractivity contribution in [2.24, 2.45) is 0 Å². The molecule has 0 radical (unpaired) electrons. The molecule has 1 aliphatic heterocycles. The van der Waals surface area contributed by atoms with Crippen LogP contribution in [0.15, 0.2) is 24.3 Å². The Balaban J connectivity index is 2.24. The summed E-state index contributed by atoms with van der Waals surface area (Å²) in [4.78, 5) is 11.2. The summed E-state index contributed by atoms with van der Waals surface area (Å²) in [5.74, 6) is -1.97. The molecule has 1 saturated heterocycles. The van der Waals surface area contributed by atoms with Crippen LogP contribution < -0.4 is 0 Å². The first-order chi connectivity index (χ1) is 7.68. The van der Waals surface area contributed by atoms with Gasteiger partial charge in [0.25, 0.3) is 0 Å². The van der Waals surface area contributed by atoms with Gasteiger partial charge in [-0.2, -0.15) is 0 Å². The van der Waals surface area contributed by atoms with Crippen LogP contribution in [0, 0.1) is 5.82 Å². The van der Waals surface area contributed by atoms with Crippen molar-refractivity contribution in [3.63, 3.8) is 0 Å². The summed E-state index contributed by atoms with van der Waals surface area (Å²) in [6.07, 6.45) is 1.34. The van der Waals surface area contributed by atoms with E-state index in [0.29, 0.717) is 12.2 Å². The maximum Gasteiger partial charge on any atom is 0.313 e. The van der Waals surface area contributed by atoms with Crippen LogP contribution in [0.5, 0.6) is 0 Å². The van der Waals surface area contributed by atoms with Crippen LogP contribution in [-0.2, 0) is 9.53 Å². The number of aliphatic carboxylic acids is 1. The van der Waals surface area contributed by atoms with E-state index in [1.165, 1.54) is 24.3 Å². The molecule has 1 heterocycles. The molecule has 0 spiro atoms. The molecule has 3 nitrogen and oxygen atoms in total. The second kappa shape index (κ2) is 4.61. The highest BCUT2D eigenvalue weighted by Crippen LogP contribution is 2.29. The molecule has 0 aromatic heterocycles. The third-order valence-corrected chi connectivity index (χ3v) is 2.83. The quantitative estimate of drug-likeness (QED) is 0.855. The molecule has 1 fully saturated rings. The Kier molecular flexibility index (Phi) is 3.19. The van der Waals surface area contributed by atoms with Gasteiger partial charge in [0, 0.05) is 6.61 Å². The zero-order chi connectivity index (χ0) is 11.5. The fourth-order valence-electron chi connectivity index (χ4n) is 2.05. The summed E-state index contributed by atoms with van der Waals surface area (Å²) in [5, 5.41) is 9.18. The Labute approximate surface area is 92.9 Å². The van der Waals surface area contributed by atoms with Crippen molar-refractivity contribution in [1.82, 2.24) is 0 Å². The SMILES string of the molecule is O=C(O)C(c1ccc(F)cc1)C1CCCO1. The van der Waals surface area contributed by atoms with E-state index in [0.717, 1.165) is 12.8 Å². The summed E-state index contributed by atoms with van der Waals surface area (Å²) in [6, 6.07) is 5.58. The van der Waals surface area contributed by atoms with Gasteiger partial charge < -0.3 is 9.84 Å². The Morgan fingerprint density at radius 3 is 2.62 bits per heavy atom. The predicted octanol–water partition coefficient (Wildman–Crippen LogP) is 2.17. The second-order valence-corrected chi connectivity index (χ2v) is 3.92. The number of rotatable bonds is 3. The number of halogens is 1. The van der Waals surface area contributed by atoms with Gasteiger partial charge >= 0.3 is 5.97 Å². The van der Waals surface area contributed by atoms with E-state index in [1.807, 2.05) is 0 Å². The lowest BCUT2D eigenvalue weighted by Crippen LogP contribution is -2.25. The van der Waals surface area contributed by atoms with Gasteiger partial charge in [0.1, 0.15) is 11.7 Å². The maximum absolute atomic E-state index is 12.7. The van der Waals surface area contributed by atoms with Gasteiger partial charge in [0.05, 0.1) is 6.10 Å². The van der Waals surface area contributed by atoms with E-state index in [9.17, 15) is 14.3 Å². The lowest BCUT2D eigenvalue weighted by Gasteiger charge is -2.19. The molecular formula is C12H13FO3. The molecule has 0 amide bonds. The Bertz CT molecular complexity index is 368. The molecule has 1 aliphatic rings. The average molecular weight is 224 g/mol. The number of benzene rings is 1. The molecule has 2 unspecified atom stereocenters. The molecule has 1 aromatic carbocycles. The standard InChI is InChI=1S/C12H13FO3/c13-9-5-3-8(4-6-9)11(12(14)15)10-2-1-7-16-10/h3-6,10-11H,1-2,7H2,(H,14,15). The largest absolute Gasteiger partial charge is 0.481 e. The van der Waals surface area contributed by atoms with Crippen LogP contribution in [0.2, 0.25) is 0 Å². The van der Waals surface area contributed by atoms with Crippen molar-refractivity contribution >= 4 is 5.97 Å². The van der Waals surface area contributed by atoms with Crippen molar-refractivity contribution in [2.45, 2.75) is 24.9 Å². The zero-order valence-corrected chi connectivity index (χ0v) is 8.73. The molecule has 86 valence electrons. The molecule has 4 heteroatoms. The molecule has 2 atom stereocenters. The molecule has 16 heavy (non-hydrogen) atoms. The van der Waals surface area contributed by atoms with E-state index in [2.05, 4.69) is 0 Å².